The van der Waals surface area contributed by atoms with Crippen molar-refractivity contribution in [1.29, 1.82) is 0 Å². The maximum Gasteiger partial charge on any atom is 0.184 e. The molecule has 0 aromatic carbocycles. The molecule has 20 heavy (non-hydrogen) atoms. The summed E-state index contributed by atoms with van der Waals surface area (Å²) in [6.45, 7) is 2.24. The van der Waals surface area contributed by atoms with Crippen LogP contribution in [-0.4, -0.2) is 25.1 Å². The van der Waals surface area contributed by atoms with Gasteiger partial charge in [0.15, 0.2) is 15.7 Å². The largest absolute Gasteiger partial charge is 0.382 e. The zero-order chi connectivity index (χ0) is 14.8. The summed E-state index contributed by atoms with van der Waals surface area (Å²) < 4.78 is 29.0. The van der Waals surface area contributed by atoms with Crippen molar-refractivity contribution in [3.8, 4) is 0 Å². The van der Waals surface area contributed by atoms with Gasteiger partial charge in [-0.15, -0.1) is 11.3 Å². The monoisotopic (exact) mass is 395 g/mol. The highest BCUT2D eigenvalue weighted by molar-refractivity contribution is 9.11. The number of nitrogens with two attached hydrogens (primary N) is 1. The number of anilines is 2. The second-order valence-corrected chi connectivity index (χ2v) is 9.55. The standard InChI is InChI=1S/C11H14BrN3O2S3/c1-2-20(16,17)9-10(13)15-19-11(9)14-6-5-7-3-4-8(12)18-7/h3-4,14H,2,5-6H2,1H3,(H2,13,15). The van der Waals surface area contributed by atoms with Crippen molar-refractivity contribution in [2.75, 3.05) is 23.3 Å². The van der Waals surface area contributed by atoms with E-state index in [1.807, 2.05) is 12.1 Å². The first-order valence-electron chi connectivity index (χ1n) is 5.90. The Morgan fingerprint density at radius 3 is 2.80 bits per heavy atom. The summed E-state index contributed by atoms with van der Waals surface area (Å²) in [5, 5.41) is 3.65. The lowest BCUT2D eigenvalue weighted by molar-refractivity contribution is 0.598. The fraction of sp³-hybridized carbons (Fsp3) is 0.364. The van der Waals surface area contributed by atoms with E-state index in [1.54, 1.807) is 18.3 Å². The van der Waals surface area contributed by atoms with Gasteiger partial charge in [0.2, 0.25) is 0 Å². The van der Waals surface area contributed by atoms with Crippen LogP contribution in [-0.2, 0) is 16.3 Å². The van der Waals surface area contributed by atoms with Crippen molar-refractivity contribution >= 4 is 59.5 Å². The van der Waals surface area contributed by atoms with Crippen molar-refractivity contribution in [3.05, 3.63) is 20.8 Å². The lowest BCUT2D eigenvalue weighted by Crippen LogP contribution is -2.10. The second-order valence-electron chi connectivity index (χ2n) is 4.01. The molecular weight excluding hydrogens is 382 g/mol. The van der Waals surface area contributed by atoms with E-state index in [-0.39, 0.29) is 16.5 Å². The highest BCUT2D eigenvalue weighted by Gasteiger charge is 2.23. The summed E-state index contributed by atoms with van der Waals surface area (Å²) in [6.07, 6.45) is 0.819. The third kappa shape index (κ3) is 3.51. The molecule has 2 aromatic rings. The number of rotatable bonds is 6. The number of halogens is 1. The summed E-state index contributed by atoms with van der Waals surface area (Å²) in [4.78, 5) is 1.36. The second kappa shape index (κ2) is 6.42. The van der Waals surface area contributed by atoms with Crippen LogP contribution in [0.1, 0.15) is 11.8 Å². The molecule has 0 atom stereocenters. The van der Waals surface area contributed by atoms with Crippen LogP contribution >= 0.6 is 38.8 Å². The fourth-order valence-corrected chi connectivity index (χ4v) is 5.31. The van der Waals surface area contributed by atoms with Crippen LogP contribution in [0, 0.1) is 0 Å². The minimum absolute atomic E-state index is 0.0160. The number of hydrogen-bond donors (Lipinski definition) is 2. The van der Waals surface area contributed by atoms with Crippen LogP contribution in [0.15, 0.2) is 20.8 Å². The predicted octanol–water partition coefficient (Wildman–Crippen LogP) is 3.00. The minimum atomic E-state index is -3.35. The van der Waals surface area contributed by atoms with E-state index < -0.39 is 9.84 Å². The number of nitrogens with one attached hydrogen (secondary N) is 1. The van der Waals surface area contributed by atoms with Gasteiger partial charge in [0.25, 0.3) is 0 Å². The van der Waals surface area contributed by atoms with Gasteiger partial charge in [0.05, 0.1) is 9.54 Å². The maximum absolute atomic E-state index is 12.0. The molecule has 0 radical (unpaired) electrons. The third-order valence-corrected chi connectivity index (χ3v) is 7.08. The van der Waals surface area contributed by atoms with Crippen LogP contribution in [0.25, 0.3) is 0 Å². The first-order chi connectivity index (χ1) is 9.44. The van der Waals surface area contributed by atoms with Crippen molar-refractivity contribution in [2.45, 2.75) is 18.2 Å². The third-order valence-electron chi connectivity index (χ3n) is 2.65. The van der Waals surface area contributed by atoms with Crippen LogP contribution in [0.4, 0.5) is 10.8 Å². The molecule has 0 bridgehead atoms. The van der Waals surface area contributed by atoms with E-state index in [2.05, 4.69) is 25.6 Å². The number of hydrogen-bond acceptors (Lipinski definition) is 7. The molecule has 9 heteroatoms. The van der Waals surface area contributed by atoms with Gasteiger partial charge in [-0.3, -0.25) is 0 Å². The van der Waals surface area contributed by atoms with E-state index in [4.69, 9.17) is 5.73 Å². The average molecular weight is 396 g/mol. The Balaban J connectivity index is 2.07. The van der Waals surface area contributed by atoms with Crippen molar-refractivity contribution in [2.24, 2.45) is 0 Å². The van der Waals surface area contributed by atoms with Gasteiger partial charge >= 0.3 is 0 Å². The van der Waals surface area contributed by atoms with Crippen molar-refractivity contribution < 1.29 is 8.42 Å². The molecule has 0 fully saturated rings. The van der Waals surface area contributed by atoms with Crippen LogP contribution in [0.3, 0.4) is 0 Å². The minimum Gasteiger partial charge on any atom is -0.382 e. The van der Waals surface area contributed by atoms with Crippen LogP contribution < -0.4 is 11.1 Å². The Morgan fingerprint density at radius 2 is 2.20 bits per heavy atom. The number of sulfone groups is 1. The average Bonchev–Trinajstić information content (AvgIpc) is 2.96. The summed E-state index contributed by atoms with van der Waals surface area (Å²) in [5.41, 5.74) is 5.67. The molecule has 0 saturated heterocycles. The molecule has 0 aliphatic carbocycles. The van der Waals surface area contributed by atoms with Crippen LogP contribution in [0.2, 0.25) is 0 Å². The van der Waals surface area contributed by atoms with Gasteiger partial charge in [-0.1, -0.05) is 6.92 Å². The summed E-state index contributed by atoms with van der Waals surface area (Å²) in [7, 11) is -3.35. The summed E-state index contributed by atoms with van der Waals surface area (Å²) in [5.74, 6) is 0.0977. The normalized spacial score (nSPS) is 11.7. The summed E-state index contributed by atoms with van der Waals surface area (Å²) >= 11 is 6.17. The molecule has 2 rings (SSSR count). The van der Waals surface area contributed by atoms with Gasteiger partial charge in [-0.05, 0) is 46.0 Å². The fourth-order valence-electron chi connectivity index (χ4n) is 1.64. The molecule has 0 spiro atoms. The van der Waals surface area contributed by atoms with Gasteiger partial charge in [0.1, 0.15) is 9.90 Å². The van der Waals surface area contributed by atoms with E-state index in [0.717, 1.165) is 21.7 Å². The quantitative estimate of drug-likeness (QED) is 0.784. The Bertz CT molecular complexity index is 694. The molecule has 5 nitrogen and oxygen atoms in total. The number of nitrogen functional groups attached to an aromatic ring is 1. The molecule has 3 N–H and O–H groups in total. The van der Waals surface area contributed by atoms with Crippen molar-refractivity contribution in [1.82, 2.24) is 4.37 Å². The lowest BCUT2D eigenvalue weighted by Gasteiger charge is -2.06. The lowest BCUT2D eigenvalue weighted by atomic mass is 10.3. The predicted molar refractivity (Wildman–Crippen MR) is 88.5 cm³/mol. The molecule has 0 saturated carbocycles. The Hall–Kier alpha value is -0.640. The first kappa shape index (κ1) is 15.7. The topological polar surface area (TPSA) is 85.1 Å². The van der Waals surface area contributed by atoms with E-state index in [0.29, 0.717) is 11.5 Å². The van der Waals surface area contributed by atoms with Gasteiger partial charge in [0, 0.05) is 11.4 Å². The Labute approximate surface area is 134 Å². The molecule has 0 aliphatic rings. The first-order valence-corrected chi connectivity index (χ1v) is 9.93. The number of nitrogens with zero attached hydrogens (tertiary/aromatic N) is 1. The molecular formula is C11H14BrN3O2S3. The van der Waals surface area contributed by atoms with Crippen LogP contribution in [0.5, 0.6) is 0 Å². The molecule has 110 valence electrons. The SMILES string of the molecule is CCS(=O)(=O)c1c(N)nsc1NCCc1ccc(Br)s1. The molecule has 0 amide bonds. The zero-order valence-electron chi connectivity index (χ0n) is 10.7. The van der Waals surface area contributed by atoms with Gasteiger partial charge in [-0.2, -0.15) is 4.37 Å². The van der Waals surface area contributed by atoms with Crippen molar-refractivity contribution in [3.63, 3.8) is 0 Å². The van der Waals surface area contributed by atoms with Gasteiger partial charge < -0.3 is 11.1 Å². The van der Waals surface area contributed by atoms with Gasteiger partial charge in [-0.25, -0.2) is 8.42 Å². The molecule has 0 aliphatic heterocycles. The van der Waals surface area contributed by atoms with E-state index in [1.165, 1.54) is 4.88 Å². The zero-order valence-corrected chi connectivity index (χ0v) is 14.8. The van der Waals surface area contributed by atoms with E-state index in [9.17, 15) is 8.42 Å². The molecule has 2 heterocycles. The Kier molecular flexibility index (Phi) is 5.05. The smallest absolute Gasteiger partial charge is 0.184 e. The number of thiophene rings is 1. The highest BCUT2D eigenvalue weighted by atomic mass is 79.9. The Morgan fingerprint density at radius 1 is 1.45 bits per heavy atom. The number of aromatic nitrogens is 1. The highest BCUT2D eigenvalue weighted by Crippen LogP contribution is 2.32. The summed E-state index contributed by atoms with van der Waals surface area (Å²) in [6, 6.07) is 4.04. The molecule has 0 unspecified atom stereocenters. The van der Waals surface area contributed by atoms with E-state index >= 15 is 0 Å². The maximum atomic E-state index is 12.0. The molecule has 2 aromatic heterocycles.